The highest BCUT2D eigenvalue weighted by Crippen LogP contribution is 2.17. The molecule has 1 aromatic rings. The molecule has 0 bridgehead atoms. The van der Waals surface area contributed by atoms with Gasteiger partial charge in [-0.2, -0.15) is 0 Å². The Balaban J connectivity index is 2.87. The Kier molecular flexibility index (Phi) is 3.99. The lowest BCUT2D eigenvalue weighted by Gasteiger charge is -2.12. The van der Waals surface area contributed by atoms with Crippen molar-refractivity contribution in [1.82, 2.24) is 0 Å². The van der Waals surface area contributed by atoms with Crippen molar-refractivity contribution in [3.63, 3.8) is 0 Å². The maximum atomic E-state index is 11.7. The second-order valence-corrected chi connectivity index (χ2v) is 5.91. The molecule has 0 amide bonds. The molecule has 84 valence electrons. The van der Waals surface area contributed by atoms with Crippen molar-refractivity contribution in [3.05, 3.63) is 29.3 Å². The average molecular weight is 248 g/mol. The third kappa shape index (κ3) is 3.39. The van der Waals surface area contributed by atoms with E-state index in [0.29, 0.717) is 17.1 Å². The van der Waals surface area contributed by atoms with Crippen molar-refractivity contribution in [2.45, 2.75) is 25.5 Å². The van der Waals surface area contributed by atoms with Crippen LogP contribution in [0.15, 0.2) is 24.3 Å². The zero-order valence-corrected chi connectivity index (χ0v) is 10.3. The fraction of sp³-hybridized carbons (Fsp3) is 0.400. The van der Waals surface area contributed by atoms with Crippen LogP contribution in [0.25, 0.3) is 0 Å². The number of anilines is 1. The third-order valence-corrected chi connectivity index (χ3v) is 4.34. The smallest absolute Gasteiger partial charge is 0.235 e. The molecule has 0 fully saturated rings. The zero-order valence-electron chi connectivity index (χ0n) is 8.70. The van der Waals surface area contributed by atoms with Crippen LogP contribution in [-0.2, 0) is 10.0 Å². The first kappa shape index (κ1) is 12.3. The van der Waals surface area contributed by atoms with Crippen LogP contribution in [0, 0.1) is 0 Å². The van der Waals surface area contributed by atoms with Crippen molar-refractivity contribution in [3.8, 4) is 0 Å². The summed E-state index contributed by atoms with van der Waals surface area (Å²) in [6.45, 7) is 3.51. The number of hydrogen-bond acceptors (Lipinski definition) is 2. The number of sulfonamides is 1. The number of nitrogens with one attached hydrogen (secondary N) is 1. The molecule has 0 radical (unpaired) electrons. The van der Waals surface area contributed by atoms with Gasteiger partial charge >= 0.3 is 0 Å². The Bertz CT molecular complexity index is 431. The van der Waals surface area contributed by atoms with E-state index >= 15 is 0 Å². The predicted octanol–water partition coefficient (Wildman–Crippen LogP) is 2.88. The van der Waals surface area contributed by atoms with Gasteiger partial charge in [-0.05, 0) is 31.5 Å². The van der Waals surface area contributed by atoms with Crippen molar-refractivity contribution in [2.24, 2.45) is 0 Å². The number of halogens is 1. The van der Waals surface area contributed by atoms with E-state index in [1.54, 1.807) is 31.2 Å². The molecule has 0 heterocycles. The van der Waals surface area contributed by atoms with Crippen LogP contribution in [0.3, 0.4) is 0 Å². The number of hydrogen-bond donors (Lipinski definition) is 1. The molecule has 1 atom stereocenters. The van der Waals surface area contributed by atoms with Crippen LogP contribution in [0.5, 0.6) is 0 Å². The lowest BCUT2D eigenvalue weighted by atomic mass is 10.3. The van der Waals surface area contributed by atoms with Gasteiger partial charge in [-0.1, -0.05) is 24.6 Å². The number of benzene rings is 1. The molecule has 15 heavy (non-hydrogen) atoms. The lowest BCUT2D eigenvalue weighted by Crippen LogP contribution is -2.24. The average Bonchev–Trinajstić information content (AvgIpc) is 2.15. The quantitative estimate of drug-likeness (QED) is 0.889. The van der Waals surface area contributed by atoms with E-state index in [0.717, 1.165) is 0 Å². The monoisotopic (exact) mass is 247 g/mol. The summed E-state index contributed by atoms with van der Waals surface area (Å²) < 4.78 is 25.9. The molecule has 0 unspecified atom stereocenters. The van der Waals surface area contributed by atoms with E-state index in [9.17, 15) is 8.42 Å². The van der Waals surface area contributed by atoms with E-state index in [2.05, 4.69) is 4.72 Å². The summed E-state index contributed by atoms with van der Waals surface area (Å²) in [7, 11) is -3.29. The highest BCUT2D eigenvalue weighted by molar-refractivity contribution is 7.93. The van der Waals surface area contributed by atoms with E-state index < -0.39 is 15.3 Å². The standard InChI is InChI=1S/C10H14ClNO2S/c1-3-8(2)15(13,14)12-10-6-4-5-9(11)7-10/h4-8,12H,3H2,1-2H3/t8-/m0/s1. The summed E-state index contributed by atoms with van der Waals surface area (Å²) in [5, 5.41) is 0.107. The number of rotatable bonds is 4. The summed E-state index contributed by atoms with van der Waals surface area (Å²) in [4.78, 5) is 0. The molecule has 0 saturated heterocycles. The largest absolute Gasteiger partial charge is 0.283 e. The van der Waals surface area contributed by atoms with Gasteiger partial charge in [-0.3, -0.25) is 4.72 Å². The lowest BCUT2D eigenvalue weighted by molar-refractivity contribution is 0.586. The summed E-state index contributed by atoms with van der Waals surface area (Å²) in [5.74, 6) is 0. The second-order valence-electron chi connectivity index (χ2n) is 3.38. The zero-order chi connectivity index (χ0) is 11.5. The second kappa shape index (κ2) is 4.86. The fourth-order valence-corrected chi connectivity index (χ4v) is 2.32. The first-order chi connectivity index (χ1) is 6.95. The molecular weight excluding hydrogens is 234 g/mol. The highest BCUT2D eigenvalue weighted by atomic mass is 35.5. The molecule has 0 aliphatic carbocycles. The Morgan fingerprint density at radius 2 is 2.13 bits per heavy atom. The van der Waals surface area contributed by atoms with E-state index in [1.807, 2.05) is 6.92 Å². The first-order valence-electron chi connectivity index (χ1n) is 4.73. The third-order valence-electron chi connectivity index (χ3n) is 2.19. The Morgan fingerprint density at radius 3 is 2.67 bits per heavy atom. The van der Waals surface area contributed by atoms with Gasteiger partial charge in [0, 0.05) is 10.7 Å². The van der Waals surface area contributed by atoms with Crippen molar-refractivity contribution in [2.75, 3.05) is 4.72 Å². The minimum absolute atomic E-state index is 0.406. The summed E-state index contributed by atoms with van der Waals surface area (Å²) >= 11 is 5.75. The highest BCUT2D eigenvalue weighted by Gasteiger charge is 2.18. The Labute approximate surface area is 95.5 Å². The van der Waals surface area contributed by atoms with Gasteiger partial charge in [0.2, 0.25) is 10.0 Å². The molecule has 1 rings (SSSR count). The molecule has 0 aliphatic heterocycles. The van der Waals surface area contributed by atoms with Crippen LogP contribution >= 0.6 is 11.6 Å². The summed E-state index contributed by atoms with van der Waals surface area (Å²) in [6.07, 6.45) is 0.579. The van der Waals surface area contributed by atoms with Crippen LogP contribution < -0.4 is 4.72 Å². The van der Waals surface area contributed by atoms with Crippen LogP contribution in [0.2, 0.25) is 5.02 Å². The van der Waals surface area contributed by atoms with Crippen LogP contribution in [-0.4, -0.2) is 13.7 Å². The van der Waals surface area contributed by atoms with Crippen molar-refractivity contribution >= 4 is 27.3 Å². The van der Waals surface area contributed by atoms with Gasteiger partial charge < -0.3 is 0 Å². The van der Waals surface area contributed by atoms with E-state index in [4.69, 9.17) is 11.6 Å². The molecule has 3 nitrogen and oxygen atoms in total. The Morgan fingerprint density at radius 1 is 1.47 bits per heavy atom. The SMILES string of the molecule is CC[C@H](C)S(=O)(=O)Nc1cccc(Cl)c1. The van der Waals surface area contributed by atoms with Gasteiger partial charge in [0.25, 0.3) is 0 Å². The minimum Gasteiger partial charge on any atom is -0.283 e. The normalized spacial score (nSPS) is 13.5. The first-order valence-corrected chi connectivity index (χ1v) is 6.65. The molecule has 0 spiro atoms. The van der Waals surface area contributed by atoms with Crippen LogP contribution in [0.4, 0.5) is 5.69 Å². The molecule has 0 aliphatic rings. The predicted molar refractivity (Wildman–Crippen MR) is 63.7 cm³/mol. The van der Waals surface area contributed by atoms with Gasteiger partial charge in [0.05, 0.1) is 5.25 Å². The van der Waals surface area contributed by atoms with Crippen molar-refractivity contribution in [1.29, 1.82) is 0 Å². The van der Waals surface area contributed by atoms with Crippen LogP contribution in [0.1, 0.15) is 20.3 Å². The van der Waals surface area contributed by atoms with Gasteiger partial charge in [-0.15, -0.1) is 0 Å². The molecule has 0 aromatic heterocycles. The molecule has 1 N–H and O–H groups in total. The van der Waals surface area contributed by atoms with Crippen molar-refractivity contribution < 1.29 is 8.42 Å². The maximum Gasteiger partial charge on any atom is 0.235 e. The summed E-state index contributed by atoms with van der Waals surface area (Å²) in [6, 6.07) is 6.66. The maximum absolute atomic E-state index is 11.7. The van der Waals surface area contributed by atoms with E-state index in [1.165, 1.54) is 0 Å². The van der Waals surface area contributed by atoms with Gasteiger partial charge in [-0.25, -0.2) is 8.42 Å². The van der Waals surface area contributed by atoms with Gasteiger partial charge in [0.15, 0.2) is 0 Å². The fourth-order valence-electron chi connectivity index (χ4n) is 1.04. The molecule has 5 heteroatoms. The minimum atomic E-state index is -3.29. The molecule has 1 aromatic carbocycles. The van der Waals surface area contributed by atoms with E-state index in [-0.39, 0.29) is 0 Å². The Hall–Kier alpha value is -0.740. The summed E-state index contributed by atoms with van der Waals surface area (Å²) in [5.41, 5.74) is 0.503. The molecule has 0 saturated carbocycles. The topological polar surface area (TPSA) is 46.2 Å². The molecular formula is C10H14ClNO2S. The van der Waals surface area contributed by atoms with Gasteiger partial charge in [0.1, 0.15) is 0 Å².